The summed E-state index contributed by atoms with van der Waals surface area (Å²) in [7, 11) is 0. The van der Waals surface area contributed by atoms with Gasteiger partial charge in [0.05, 0.1) is 19.1 Å². The van der Waals surface area contributed by atoms with Crippen LogP contribution in [0.5, 0.6) is 0 Å². The number of quaternary nitrogens is 2. The van der Waals surface area contributed by atoms with Crippen molar-refractivity contribution in [1.29, 1.82) is 0 Å². The van der Waals surface area contributed by atoms with Gasteiger partial charge in [0.25, 0.3) is 0 Å². The zero-order valence-electron chi connectivity index (χ0n) is 11.2. The van der Waals surface area contributed by atoms with E-state index in [4.69, 9.17) is 0 Å². The van der Waals surface area contributed by atoms with Crippen LogP contribution in [-0.2, 0) is 4.79 Å². The van der Waals surface area contributed by atoms with E-state index >= 15 is 0 Å². The van der Waals surface area contributed by atoms with Crippen LogP contribution in [0.4, 0.5) is 0 Å². The smallest absolute Gasteiger partial charge is 0.0711 e. The number of halogens is 1. The van der Waals surface area contributed by atoms with Crippen LogP contribution in [0.1, 0.15) is 34.6 Å². The molecule has 0 amide bonds. The van der Waals surface area contributed by atoms with Gasteiger partial charge >= 0.3 is 0 Å². The van der Waals surface area contributed by atoms with Gasteiger partial charge in [-0.1, -0.05) is 27.4 Å². The highest BCUT2D eigenvalue weighted by Gasteiger charge is 2.14. The van der Waals surface area contributed by atoms with Gasteiger partial charge in [0.15, 0.2) is 0 Å². The minimum absolute atomic E-state index is 0. The molecule has 0 unspecified atom stereocenters. The molecule has 0 heterocycles. The Morgan fingerprint density at radius 1 is 1.19 bits per heavy atom. The van der Waals surface area contributed by atoms with E-state index in [1.54, 1.807) is 20.8 Å². The van der Waals surface area contributed by atoms with Gasteiger partial charge < -0.3 is 33.8 Å². The minimum Gasteiger partial charge on any atom is -1.00 e. The highest BCUT2D eigenvalue weighted by Crippen LogP contribution is 2.22. The maximum absolute atomic E-state index is 10.1. The van der Waals surface area contributed by atoms with Gasteiger partial charge in [-0.2, -0.15) is 0 Å². The SMILES string of the molecule is C=C(C(=O)[O-])C(C)(C)C.CC[NH3+].CC[NH3+].[Cl-]. The summed E-state index contributed by atoms with van der Waals surface area (Å²) in [5, 5.41) is 10.1. The highest BCUT2D eigenvalue weighted by atomic mass is 35.5. The first-order valence-electron chi connectivity index (χ1n) is 5.18. The molecule has 0 aromatic carbocycles. The summed E-state index contributed by atoms with van der Waals surface area (Å²) in [5.74, 6) is -1.16. The van der Waals surface area contributed by atoms with Crippen molar-refractivity contribution < 1.29 is 33.8 Å². The van der Waals surface area contributed by atoms with E-state index in [1.807, 2.05) is 13.8 Å². The molecule has 0 aromatic rings. The summed E-state index contributed by atoms with van der Waals surface area (Å²) < 4.78 is 0. The molecule has 16 heavy (non-hydrogen) atoms. The Kier molecular flexibility index (Phi) is 22.2. The van der Waals surface area contributed by atoms with Crippen LogP contribution in [0.25, 0.3) is 0 Å². The van der Waals surface area contributed by atoms with E-state index in [9.17, 15) is 9.90 Å². The van der Waals surface area contributed by atoms with E-state index < -0.39 is 5.97 Å². The third-order valence-corrected chi connectivity index (χ3v) is 1.15. The molecule has 0 aliphatic rings. The van der Waals surface area contributed by atoms with E-state index in [0.29, 0.717) is 0 Å². The predicted octanol–water partition coefficient (Wildman–Crippen LogP) is -4.16. The molecule has 0 atom stereocenters. The molecule has 0 radical (unpaired) electrons. The van der Waals surface area contributed by atoms with Crippen LogP contribution in [-0.4, -0.2) is 19.1 Å². The number of hydrogen-bond acceptors (Lipinski definition) is 2. The monoisotopic (exact) mass is 254 g/mol. The summed E-state index contributed by atoms with van der Waals surface area (Å²) >= 11 is 0. The van der Waals surface area contributed by atoms with E-state index in [0.717, 1.165) is 13.1 Å². The van der Waals surface area contributed by atoms with Gasteiger partial charge in [-0.15, -0.1) is 0 Å². The fraction of sp³-hybridized carbons (Fsp3) is 0.727. The van der Waals surface area contributed by atoms with Crippen molar-refractivity contribution in [3.63, 3.8) is 0 Å². The van der Waals surface area contributed by atoms with Crippen molar-refractivity contribution in [2.75, 3.05) is 13.1 Å². The van der Waals surface area contributed by atoms with Crippen LogP contribution in [0.3, 0.4) is 0 Å². The Labute approximate surface area is 105 Å². The van der Waals surface area contributed by atoms with Gasteiger partial charge in [0.1, 0.15) is 0 Å². The highest BCUT2D eigenvalue weighted by molar-refractivity contribution is 5.85. The second-order valence-corrected chi connectivity index (χ2v) is 4.02. The Balaban J connectivity index is -0.0000000870. The van der Waals surface area contributed by atoms with Crippen molar-refractivity contribution >= 4 is 5.97 Å². The third kappa shape index (κ3) is 23.3. The van der Waals surface area contributed by atoms with Gasteiger partial charge in [0.2, 0.25) is 0 Å². The Bertz CT molecular complexity index is 175. The molecule has 0 fully saturated rings. The summed E-state index contributed by atoms with van der Waals surface area (Å²) in [4.78, 5) is 10.1. The number of hydrogen-bond donors (Lipinski definition) is 2. The molecule has 4 nitrogen and oxygen atoms in total. The van der Waals surface area contributed by atoms with Crippen LogP contribution < -0.4 is 29.0 Å². The molecule has 6 N–H and O–H groups in total. The summed E-state index contributed by atoms with van der Waals surface area (Å²) in [6.07, 6.45) is 0. The number of carbonyl (C=O) groups excluding carboxylic acids is 1. The molecule has 0 aliphatic heterocycles. The van der Waals surface area contributed by atoms with Gasteiger partial charge in [0, 0.05) is 0 Å². The van der Waals surface area contributed by atoms with Crippen molar-refractivity contribution in [2.24, 2.45) is 5.41 Å². The Morgan fingerprint density at radius 3 is 1.38 bits per heavy atom. The average molecular weight is 255 g/mol. The van der Waals surface area contributed by atoms with Gasteiger partial charge in [-0.3, -0.25) is 0 Å². The average Bonchev–Trinajstić information content (AvgIpc) is 2.04. The number of carboxylic acid groups (broad SMARTS) is 1. The Morgan fingerprint density at radius 2 is 1.38 bits per heavy atom. The molecule has 0 spiro atoms. The lowest BCUT2D eigenvalue weighted by atomic mass is 9.88. The van der Waals surface area contributed by atoms with Crippen molar-refractivity contribution in [1.82, 2.24) is 0 Å². The first kappa shape index (κ1) is 24.6. The predicted molar refractivity (Wildman–Crippen MR) is 60.5 cm³/mol. The normalized spacial score (nSPS) is 8.44. The lowest BCUT2D eigenvalue weighted by Crippen LogP contribution is -3.00. The van der Waals surface area contributed by atoms with Gasteiger partial charge in [-0.05, 0) is 24.8 Å². The number of aliphatic carboxylic acids is 1. The molecule has 5 heteroatoms. The third-order valence-electron chi connectivity index (χ3n) is 1.15. The molecule has 0 aromatic heterocycles. The molecule has 0 rings (SSSR count). The van der Waals surface area contributed by atoms with Crippen molar-refractivity contribution in [3.05, 3.63) is 12.2 Å². The number of carboxylic acids is 1. The molecule has 0 saturated heterocycles. The quantitative estimate of drug-likeness (QED) is 0.465. The lowest BCUT2D eigenvalue weighted by Gasteiger charge is -2.21. The first-order valence-corrected chi connectivity index (χ1v) is 5.18. The number of carbonyl (C=O) groups is 1. The topological polar surface area (TPSA) is 95.4 Å². The van der Waals surface area contributed by atoms with E-state index in [2.05, 4.69) is 18.0 Å². The van der Waals surface area contributed by atoms with E-state index in [-0.39, 0.29) is 23.4 Å². The number of rotatable bonds is 1. The van der Waals surface area contributed by atoms with Crippen LogP contribution >= 0.6 is 0 Å². The summed E-state index contributed by atoms with van der Waals surface area (Å²) in [6, 6.07) is 0. The molecule has 0 aliphatic carbocycles. The van der Waals surface area contributed by atoms with Crippen molar-refractivity contribution in [2.45, 2.75) is 34.6 Å². The second-order valence-electron chi connectivity index (χ2n) is 4.02. The van der Waals surface area contributed by atoms with Crippen LogP contribution in [0.15, 0.2) is 12.2 Å². The molecular formula is C11H27ClN2O2. The largest absolute Gasteiger partial charge is 1.00 e. The second kappa shape index (κ2) is 14.4. The summed E-state index contributed by atoms with van der Waals surface area (Å²) in [5.41, 5.74) is 6.74. The molecule has 100 valence electrons. The van der Waals surface area contributed by atoms with Crippen LogP contribution in [0, 0.1) is 5.41 Å². The lowest BCUT2D eigenvalue weighted by molar-refractivity contribution is -0.362. The zero-order valence-corrected chi connectivity index (χ0v) is 12.0. The fourth-order valence-corrected chi connectivity index (χ4v) is 0.306. The molecule has 0 saturated carbocycles. The zero-order chi connectivity index (χ0) is 13.1. The maximum Gasteiger partial charge on any atom is 0.0711 e. The van der Waals surface area contributed by atoms with Crippen molar-refractivity contribution in [3.8, 4) is 0 Å². The standard InChI is InChI=1S/C7H12O2.2C2H7N.ClH/c1-5(6(8)9)7(2,3)4;2*1-2-3;/h1H2,2-4H3,(H,8,9);2*2-3H2,1H3;1H. The first-order chi connectivity index (χ1) is 6.68. The Hall–Kier alpha value is -0.580. The minimum atomic E-state index is -1.16. The van der Waals surface area contributed by atoms with E-state index in [1.165, 1.54) is 0 Å². The molecular weight excluding hydrogens is 228 g/mol. The van der Waals surface area contributed by atoms with Crippen LogP contribution in [0.2, 0.25) is 0 Å². The van der Waals surface area contributed by atoms with Gasteiger partial charge in [-0.25, -0.2) is 0 Å². The fourth-order valence-electron chi connectivity index (χ4n) is 0.306. The summed E-state index contributed by atoms with van der Waals surface area (Å²) in [6.45, 7) is 14.7. The maximum atomic E-state index is 10.1. The molecule has 0 bridgehead atoms.